The van der Waals surface area contributed by atoms with Crippen LogP contribution >= 0.6 is 15.9 Å². The van der Waals surface area contributed by atoms with Gasteiger partial charge in [-0.1, -0.05) is 58.4 Å². The molecule has 4 rings (SSSR count). The smallest absolute Gasteiger partial charge is 0.288 e. The molecule has 1 heterocycles. The summed E-state index contributed by atoms with van der Waals surface area (Å²) in [6.07, 6.45) is 1.41. The number of nitrogens with one attached hydrogen (secondary N) is 2. The first kappa shape index (κ1) is 18.0. The van der Waals surface area contributed by atoms with Crippen LogP contribution in [-0.2, 0) is 0 Å². The minimum absolute atomic E-state index is 0.0981. The highest BCUT2D eigenvalue weighted by molar-refractivity contribution is 9.10. The van der Waals surface area contributed by atoms with E-state index in [1.165, 1.54) is 6.21 Å². The molecule has 0 atom stereocenters. The second-order valence-corrected chi connectivity index (χ2v) is 7.10. The standard InChI is InChI=1S/C22H16BrN3O2/c23-16-10-11-18-17(12-16)20(14-6-2-1-3-7-14)21(25-18)22(28)26-24-13-15-8-4-5-9-19(15)27/h1-13,25,27H,(H,26,28). The van der Waals surface area contributed by atoms with E-state index in [9.17, 15) is 9.90 Å². The highest BCUT2D eigenvalue weighted by Crippen LogP contribution is 2.34. The van der Waals surface area contributed by atoms with Crippen LogP contribution < -0.4 is 5.43 Å². The molecule has 3 N–H and O–H groups in total. The Bertz CT molecular complexity index is 1180. The number of phenolic OH excluding ortho intramolecular Hbond substituents is 1. The van der Waals surface area contributed by atoms with Gasteiger partial charge in [-0.25, -0.2) is 5.43 Å². The number of benzene rings is 3. The van der Waals surface area contributed by atoms with Crippen molar-refractivity contribution in [1.82, 2.24) is 10.4 Å². The van der Waals surface area contributed by atoms with Gasteiger partial charge in [0.05, 0.1) is 6.21 Å². The van der Waals surface area contributed by atoms with Gasteiger partial charge in [0.25, 0.3) is 5.91 Å². The molecule has 0 saturated heterocycles. The average Bonchev–Trinajstić information content (AvgIpc) is 3.08. The van der Waals surface area contributed by atoms with Crippen molar-refractivity contribution in [2.45, 2.75) is 0 Å². The highest BCUT2D eigenvalue weighted by atomic mass is 79.9. The fourth-order valence-electron chi connectivity index (χ4n) is 3.05. The van der Waals surface area contributed by atoms with Crippen molar-refractivity contribution in [2.24, 2.45) is 5.10 Å². The van der Waals surface area contributed by atoms with Gasteiger partial charge < -0.3 is 10.1 Å². The third kappa shape index (κ3) is 3.54. The van der Waals surface area contributed by atoms with Crippen molar-refractivity contribution < 1.29 is 9.90 Å². The third-order valence-corrected chi connectivity index (χ3v) is 4.85. The van der Waals surface area contributed by atoms with Crippen molar-refractivity contribution in [2.75, 3.05) is 0 Å². The van der Waals surface area contributed by atoms with E-state index in [1.807, 2.05) is 48.5 Å². The predicted molar refractivity (Wildman–Crippen MR) is 115 cm³/mol. The minimum atomic E-state index is -0.363. The molecule has 0 unspecified atom stereocenters. The van der Waals surface area contributed by atoms with Gasteiger partial charge in [0.2, 0.25) is 0 Å². The normalized spacial score (nSPS) is 11.2. The molecule has 1 aromatic heterocycles. The van der Waals surface area contributed by atoms with E-state index < -0.39 is 0 Å². The lowest BCUT2D eigenvalue weighted by Crippen LogP contribution is -2.18. The third-order valence-electron chi connectivity index (χ3n) is 4.36. The Morgan fingerprint density at radius 3 is 2.57 bits per heavy atom. The van der Waals surface area contributed by atoms with Gasteiger partial charge >= 0.3 is 0 Å². The maximum absolute atomic E-state index is 12.8. The molecule has 6 heteroatoms. The number of rotatable bonds is 4. The summed E-state index contributed by atoms with van der Waals surface area (Å²) in [6.45, 7) is 0. The number of para-hydroxylation sites is 1. The molecule has 0 saturated carbocycles. The molecule has 5 nitrogen and oxygen atoms in total. The van der Waals surface area contributed by atoms with E-state index in [2.05, 4.69) is 31.4 Å². The van der Waals surface area contributed by atoms with Crippen LogP contribution in [0.15, 0.2) is 82.4 Å². The summed E-state index contributed by atoms with van der Waals surface area (Å²) in [5.41, 5.74) is 6.08. The Kier molecular flexibility index (Phi) is 4.95. The number of carbonyl (C=O) groups is 1. The fraction of sp³-hybridized carbons (Fsp3) is 0. The summed E-state index contributed by atoms with van der Waals surface area (Å²) in [5, 5.41) is 14.7. The van der Waals surface area contributed by atoms with Crippen molar-refractivity contribution in [3.05, 3.63) is 88.5 Å². The lowest BCUT2D eigenvalue weighted by Gasteiger charge is -2.04. The number of aromatic nitrogens is 1. The average molecular weight is 434 g/mol. The van der Waals surface area contributed by atoms with Gasteiger partial charge in [0.15, 0.2) is 0 Å². The number of carbonyl (C=O) groups excluding carboxylic acids is 1. The second-order valence-electron chi connectivity index (χ2n) is 6.19. The molecular weight excluding hydrogens is 418 g/mol. The molecule has 0 fully saturated rings. The fourth-order valence-corrected chi connectivity index (χ4v) is 3.41. The molecule has 0 bridgehead atoms. The maximum Gasteiger partial charge on any atom is 0.288 e. The van der Waals surface area contributed by atoms with Crippen LogP contribution in [0.3, 0.4) is 0 Å². The zero-order valence-corrected chi connectivity index (χ0v) is 16.3. The van der Waals surface area contributed by atoms with Crippen molar-refractivity contribution in [1.29, 1.82) is 0 Å². The number of H-pyrrole nitrogens is 1. The van der Waals surface area contributed by atoms with E-state index in [0.29, 0.717) is 11.3 Å². The molecule has 4 aromatic rings. The van der Waals surface area contributed by atoms with Crippen molar-refractivity contribution >= 4 is 39.0 Å². The van der Waals surface area contributed by atoms with Crippen LogP contribution in [0.25, 0.3) is 22.0 Å². The van der Waals surface area contributed by atoms with Crippen LogP contribution in [0.1, 0.15) is 16.1 Å². The first-order chi connectivity index (χ1) is 13.6. The van der Waals surface area contributed by atoms with Crippen LogP contribution in [0.2, 0.25) is 0 Å². The summed E-state index contributed by atoms with van der Waals surface area (Å²) >= 11 is 3.50. The maximum atomic E-state index is 12.8. The Labute approximate surface area is 169 Å². The molecule has 0 aliphatic rings. The lowest BCUT2D eigenvalue weighted by molar-refractivity contribution is 0.0951. The summed E-state index contributed by atoms with van der Waals surface area (Å²) in [7, 11) is 0. The van der Waals surface area contributed by atoms with E-state index >= 15 is 0 Å². The van der Waals surface area contributed by atoms with Crippen LogP contribution in [0.5, 0.6) is 5.75 Å². The van der Waals surface area contributed by atoms with E-state index in [0.717, 1.165) is 26.5 Å². The Morgan fingerprint density at radius 1 is 1.04 bits per heavy atom. The number of hydrazone groups is 1. The summed E-state index contributed by atoms with van der Waals surface area (Å²) < 4.78 is 0.931. The largest absolute Gasteiger partial charge is 0.507 e. The van der Waals surface area contributed by atoms with Gasteiger partial charge in [-0.3, -0.25) is 4.79 Å². The molecule has 0 spiro atoms. The topological polar surface area (TPSA) is 77.5 Å². The van der Waals surface area contributed by atoms with Gasteiger partial charge in [0.1, 0.15) is 11.4 Å². The molecule has 0 radical (unpaired) electrons. The Morgan fingerprint density at radius 2 is 1.79 bits per heavy atom. The van der Waals surface area contributed by atoms with Gasteiger partial charge in [-0.15, -0.1) is 0 Å². The molecular formula is C22H16BrN3O2. The number of aromatic amines is 1. The zero-order chi connectivity index (χ0) is 19.5. The molecule has 0 aliphatic heterocycles. The van der Waals surface area contributed by atoms with Crippen molar-refractivity contribution in [3.63, 3.8) is 0 Å². The van der Waals surface area contributed by atoms with Gasteiger partial charge in [-0.05, 0) is 35.9 Å². The molecule has 0 aliphatic carbocycles. The van der Waals surface area contributed by atoms with E-state index in [-0.39, 0.29) is 11.7 Å². The summed E-state index contributed by atoms with van der Waals surface area (Å²) in [4.78, 5) is 16.0. The summed E-state index contributed by atoms with van der Waals surface area (Å²) in [5.74, 6) is -0.265. The number of amides is 1. The monoisotopic (exact) mass is 433 g/mol. The second kappa shape index (κ2) is 7.70. The van der Waals surface area contributed by atoms with Gasteiger partial charge in [-0.2, -0.15) is 5.10 Å². The van der Waals surface area contributed by atoms with Crippen LogP contribution in [0.4, 0.5) is 0 Å². The first-order valence-corrected chi connectivity index (χ1v) is 9.41. The predicted octanol–water partition coefficient (Wildman–Crippen LogP) is 5.07. The summed E-state index contributed by atoms with van der Waals surface area (Å²) in [6, 6.07) is 22.3. The Balaban J connectivity index is 1.72. The van der Waals surface area contributed by atoms with E-state index in [4.69, 9.17) is 0 Å². The Hall–Kier alpha value is -3.38. The van der Waals surface area contributed by atoms with Crippen LogP contribution in [-0.4, -0.2) is 22.2 Å². The number of aromatic hydroxyl groups is 1. The zero-order valence-electron chi connectivity index (χ0n) is 14.7. The van der Waals surface area contributed by atoms with E-state index in [1.54, 1.807) is 24.3 Å². The molecule has 3 aromatic carbocycles. The number of hydrogen-bond acceptors (Lipinski definition) is 3. The SMILES string of the molecule is O=C(NN=Cc1ccccc1O)c1[nH]c2ccc(Br)cc2c1-c1ccccc1. The molecule has 28 heavy (non-hydrogen) atoms. The lowest BCUT2D eigenvalue weighted by atomic mass is 10.0. The number of halogens is 1. The minimum Gasteiger partial charge on any atom is -0.507 e. The first-order valence-electron chi connectivity index (χ1n) is 8.61. The number of phenols is 1. The quantitative estimate of drug-likeness (QED) is 0.310. The molecule has 138 valence electrons. The number of fused-ring (bicyclic) bond motifs is 1. The van der Waals surface area contributed by atoms with Crippen LogP contribution in [0, 0.1) is 0 Å². The van der Waals surface area contributed by atoms with Gasteiger partial charge in [0, 0.05) is 26.5 Å². The number of hydrogen-bond donors (Lipinski definition) is 3. The number of nitrogens with zero attached hydrogens (tertiary/aromatic N) is 1. The highest BCUT2D eigenvalue weighted by Gasteiger charge is 2.19. The van der Waals surface area contributed by atoms with Crippen molar-refractivity contribution in [3.8, 4) is 16.9 Å². The molecule has 1 amide bonds.